The van der Waals surface area contributed by atoms with Crippen molar-refractivity contribution in [3.63, 3.8) is 0 Å². The number of nitrogens with zero attached hydrogens (tertiary/aromatic N) is 1. The highest BCUT2D eigenvalue weighted by atomic mass is 16.2. The number of likely N-dealkylation sites (N-methyl/N-ethyl adjacent to an activating group) is 1. The molecule has 0 aromatic rings. The molecule has 0 fully saturated rings. The summed E-state index contributed by atoms with van der Waals surface area (Å²) in [4.78, 5) is 24.3. The van der Waals surface area contributed by atoms with Crippen LogP contribution in [0.3, 0.4) is 0 Å². The minimum atomic E-state index is 0.186. The van der Waals surface area contributed by atoms with Gasteiger partial charge >= 0.3 is 0 Å². The maximum Gasteiger partial charge on any atom is 0.220 e. The lowest BCUT2D eigenvalue weighted by atomic mass is 10.1. The topological polar surface area (TPSA) is 58.2 Å². The lowest BCUT2D eigenvalue weighted by Gasteiger charge is -2.30. The second-order valence-electron chi connectivity index (χ2n) is 12.7. The molecule has 0 radical (unpaired) electrons. The third-order valence-corrected chi connectivity index (χ3v) is 8.09. The zero-order valence-corrected chi connectivity index (χ0v) is 27.1. The van der Waals surface area contributed by atoms with Gasteiger partial charge in [-0.1, -0.05) is 142 Å². The molecule has 0 aliphatic rings. The van der Waals surface area contributed by atoms with Gasteiger partial charge in [0.1, 0.15) is 0 Å². The Labute approximate surface area is 244 Å². The normalized spacial score (nSPS) is 11.6. The van der Waals surface area contributed by atoms with Gasteiger partial charge in [0.2, 0.25) is 11.8 Å². The first-order valence-electron chi connectivity index (χ1n) is 17.3. The van der Waals surface area contributed by atoms with Crippen LogP contribution in [0, 0.1) is 0 Å². The van der Waals surface area contributed by atoms with E-state index >= 15 is 0 Å². The average molecular weight is 553 g/mol. The third-order valence-electron chi connectivity index (χ3n) is 8.09. The maximum absolute atomic E-state index is 12.2. The van der Waals surface area contributed by atoms with Gasteiger partial charge in [-0.05, 0) is 12.8 Å². The van der Waals surface area contributed by atoms with E-state index in [0.717, 1.165) is 30.4 Å². The molecule has 0 heterocycles. The van der Waals surface area contributed by atoms with Crippen molar-refractivity contribution in [1.29, 1.82) is 0 Å². The molecule has 39 heavy (non-hydrogen) atoms. The quantitative estimate of drug-likeness (QED) is 0.0691. The van der Waals surface area contributed by atoms with E-state index in [1.54, 1.807) is 0 Å². The highest BCUT2D eigenvalue weighted by Crippen LogP contribution is 2.13. The number of amides is 2. The summed E-state index contributed by atoms with van der Waals surface area (Å²) in [7, 11) is 4.35. The Morgan fingerprint density at radius 2 is 0.692 bits per heavy atom. The van der Waals surface area contributed by atoms with Crippen molar-refractivity contribution in [2.45, 2.75) is 168 Å². The number of hydrogen-bond acceptors (Lipinski definition) is 2. The van der Waals surface area contributed by atoms with Crippen LogP contribution in [-0.2, 0) is 9.59 Å². The molecule has 0 bridgehead atoms. The lowest BCUT2D eigenvalue weighted by Crippen LogP contribution is -2.49. The van der Waals surface area contributed by atoms with Gasteiger partial charge in [-0.25, -0.2) is 0 Å². The van der Waals surface area contributed by atoms with Crippen LogP contribution in [0.5, 0.6) is 0 Å². The summed E-state index contributed by atoms with van der Waals surface area (Å²) in [6, 6.07) is 0. The van der Waals surface area contributed by atoms with Crippen LogP contribution in [0.2, 0.25) is 0 Å². The van der Waals surface area contributed by atoms with Crippen molar-refractivity contribution in [2.24, 2.45) is 0 Å². The van der Waals surface area contributed by atoms with Gasteiger partial charge in [-0.3, -0.25) is 9.59 Å². The summed E-state index contributed by atoms with van der Waals surface area (Å²) in [6.07, 6.45) is 30.1. The average Bonchev–Trinajstić information content (AvgIpc) is 2.90. The molecular weight excluding hydrogens is 482 g/mol. The van der Waals surface area contributed by atoms with Crippen molar-refractivity contribution >= 4 is 11.8 Å². The Hall–Kier alpha value is -1.10. The van der Waals surface area contributed by atoms with Crippen molar-refractivity contribution in [2.75, 3.05) is 40.3 Å². The summed E-state index contributed by atoms with van der Waals surface area (Å²) in [6.45, 7) is 7.72. The maximum atomic E-state index is 12.2. The fourth-order valence-corrected chi connectivity index (χ4v) is 5.18. The van der Waals surface area contributed by atoms with Gasteiger partial charge in [0.15, 0.2) is 0 Å². The fraction of sp³-hybridized carbons (Fsp3) is 0.941. The number of rotatable bonds is 30. The van der Waals surface area contributed by atoms with E-state index in [0.29, 0.717) is 25.9 Å². The highest BCUT2D eigenvalue weighted by Gasteiger charge is 2.15. The Balaban J connectivity index is 3.54. The molecule has 0 unspecified atom stereocenters. The first kappa shape index (κ1) is 37.9. The molecule has 0 spiro atoms. The largest absolute Gasteiger partial charge is 0.350 e. The zero-order chi connectivity index (χ0) is 28.9. The SMILES string of the molecule is CCCCCCCCCCCCCC(=O)NCC[N+](C)(C)CCNC(=O)CCCCCCCCCCCCC. The van der Waals surface area contributed by atoms with E-state index in [9.17, 15) is 9.59 Å². The van der Waals surface area contributed by atoms with Crippen molar-refractivity contribution < 1.29 is 14.1 Å². The summed E-state index contributed by atoms with van der Waals surface area (Å²) < 4.78 is 0.803. The molecular formula is C34H70N3O2+. The van der Waals surface area contributed by atoms with Crippen LogP contribution in [0.15, 0.2) is 0 Å². The first-order valence-corrected chi connectivity index (χ1v) is 17.3. The molecule has 2 amide bonds. The predicted octanol–water partition coefficient (Wildman–Crippen LogP) is 8.70. The van der Waals surface area contributed by atoms with Crippen LogP contribution in [0.25, 0.3) is 0 Å². The number of nitrogens with one attached hydrogen (secondary N) is 2. The minimum Gasteiger partial charge on any atom is -0.350 e. The molecule has 5 nitrogen and oxygen atoms in total. The smallest absolute Gasteiger partial charge is 0.220 e. The van der Waals surface area contributed by atoms with Crippen molar-refractivity contribution in [3.05, 3.63) is 0 Å². The Bertz CT molecular complexity index is 505. The number of unbranched alkanes of at least 4 members (excludes halogenated alkanes) is 20. The second-order valence-corrected chi connectivity index (χ2v) is 12.7. The predicted molar refractivity (Wildman–Crippen MR) is 170 cm³/mol. The summed E-state index contributed by atoms with van der Waals surface area (Å²) in [5.41, 5.74) is 0. The van der Waals surface area contributed by atoms with Crippen LogP contribution in [0.4, 0.5) is 0 Å². The molecule has 0 aliphatic heterocycles. The molecule has 2 N–H and O–H groups in total. The molecule has 0 aliphatic carbocycles. The molecule has 0 saturated heterocycles. The van der Waals surface area contributed by atoms with Crippen LogP contribution >= 0.6 is 0 Å². The van der Waals surface area contributed by atoms with E-state index in [4.69, 9.17) is 0 Å². The molecule has 232 valence electrons. The van der Waals surface area contributed by atoms with Crippen molar-refractivity contribution in [1.82, 2.24) is 10.6 Å². The summed E-state index contributed by atoms with van der Waals surface area (Å²) in [5, 5.41) is 6.19. The van der Waals surface area contributed by atoms with E-state index in [-0.39, 0.29) is 11.8 Å². The van der Waals surface area contributed by atoms with Gasteiger partial charge in [0.05, 0.1) is 40.3 Å². The Morgan fingerprint density at radius 1 is 0.436 bits per heavy atom. The Kier molecular flexibility index (Phi) is 27.6. The van der Waals surface area contributed by atoms with E-state index < -0.39 is 0 Å². The van der Waals surface area contributed by atoms with E-state index in [1.165, 1.54) is 128 Å². The molecule has 0 rings (SSSR count). The molecule has 0 atom stereocenters. The lowest BCUT2D eigenvalue weighted by molar-refractivity contribution is -0.887. The minimum absolute atomic E-state index is 0.186. The van der Waals surface area contributed by atoms with Crippen LogP contribution in [-0.4, -0.2) is 56.6 Å². The monoisotopic (exact) mass is 553 g/mol. The zero-order valence-electron chi connectivity index (χ0n) is 27.1. The van der Waals surface area contributed by atoms with E-state index in [2.05, 4.69) is 38.6 Å². The van der Waals surface area contributed by atoms with Gasteiger partial charge in [-0.15, -0.1) is 0 Å². The van der Waals surface area contributed by atoms with Crippen molar-refractivity contribution in [3.8, 4) is 0 Å². The van der Waals surface area contributed by atoms with Crippen LogP contribution in [0.1, 0.15) is 168 Å². The van der Waals surface area contributed by atoms with Gasteiger partial charge in [0.25, 0.3) is 0 Å². The number of carbonyl (C=O) groups excluding carboxylic acids is 2. The highest BCUT2D eigenvalue weighted by molar-refractivity contribution is 5.76. The van der Waals surface area contributed by atoms with Gasteiger partial charge in [0, 0.05) is 12.8 Å². The Morgan fingerprint density at radius 3 is 0.974 bits per heavy atom. The molecule has 5 heteroatoms. The summed E-state index contributed by atoms with van der Waals surface area (Å²) in [5.74, 6) is 0.373. The molecule has 0 aromatic heterocycles. The standard InChI is InChI=1S/C34H69N3O2/c1-5-7-9-11-13-15-17-19-21-23-25-27-33(38)35-29-31-37(3,4)32-30-36-34(39)28-26-24-22-20-18-16-14-12-10-8-6-2/h5-32H2,1-4H3,(H-,35,36,38,39)/p+1. The van der Waals surface area contributed by atoms with Gasteiger partial charge < -0.3 is 15.1 Å². The van der Waals surface area contributed by atoms with Gasteiger partial charge in [-0.2, -0.15) is 0 Å². The van der Waals surface area contributed by atoms with Crippen LogP contribution < -0.4 is 10.6 Å². The fourth-order valence-electron chi connectivity index (χ4n) is 5.18. The number of hydrogen-bond donors (Lipinski definition) is 2. The molecule has 0 saturated carbocycles. The first-order chi connectivity index (χ1) is 18.9. The third kappa shape index (κ3) is 29.7. The summed E-state index contributed by atoms with van der Waals surface area (Å²) >= 11 is 0. The number of carbonyl (C=O) groups is 2. The second kappa shape index (κ2) is 28.4. The van der Waals surface area contributed by atoms with E-state index in [1.807, 2.05) is 0 Å². The molecule has 0 aromatic carbocycles. The number of quaternary nitrogens is 1.